The van der Waals surface area contributed by atoms with Crippen LogP contribution in [0.4, 0.5) is 26.3 Å². The Morgan fingerprint density at radius 3 is 0.920 bits per heavy atom. The molecule has 2 aromatic carbocycles. The molecule has 10 heteroatoms. The van der Waals surface area contributed by atoms with Gasteiger partial charge >= 0.3 is 12.4 Å². The summed E-state index contributed by atoms with van der Waals surface area (Å²) in [7, 11) is 0. The normalized spacial score (nSPS) is 13.0. The van der Waals surface area contributed by atoms with Crippen LogP contribution >= 0.6 is 0 Å². The summed E-state index contributed by atoms with van der Waals surface area (Å²) >= 11 is 0. The van der Waals surface area contributed by atoms with Gasteiger partial charge in [-0.2, -0.15) is 26.3 Å². The second-order valence-electron chi connectivity index (χ2n) is 5.22. The summed E-state index contributed by atoms with van der Waals surface area (Å²) in [4.78, 5) is 0. The van der Waals surface area contributed by atoms with Gasteiger partial charge in [0, 0.05) is 12.1 Å². The van der Waals surface area contributed by atoms with Gasteiger partial charge in [-0.25, -0.2) is 0 Å². The fourth-order valence-electron chi connectivity index (χ4n) is 2.61. The van der Waals surface area contributed by atoms with E-state index in [1.165, 1.54) is 0 Å². The van der Waals surface area contributed by atoms with Crippen LogP contribution < -0.4 is 0 Å². The van der Waals surface area contributed by atoms with Crippen LogP contribution in [0.15, 0.2) is 36.4 Å². The third kappa shape index (κ3) is 2.99. The fraction of sp³-hybridized carbons (Fsp3) is 0.200. The van der Waals surface area contributed by atoms with E-state index >= 15 is 0 Å². The van der Waals surface area contributed by atoms with Crippen molar-refractivity contribution in [2.75, 3.05) is 0 Å². The van der Waals surface area contributed by atoms with E-state index in [4.69, 9.17) is 0 Å². The minimum Gasteiger partial charge on any atom is -0.508 e. The van der Waals surface area contributed by atoms with Crippen LogP contribution in [0.2, 0.25) is 0 Å². The maximum absolute atomic E-state index is 13.7. The molecule has 4 N–H and O–H groups in total. The van der Waals surface area contributed by atoms with Crippen molar-refractivity contribution in [2.24, 2.45) is 0 Å². The Balaban J connectivity index is 3.02. The molecule has 0 heterocycles. The lowest BCUT2D eigenvalue weighted by atomic mass is 9.72. The largest absolute Gasteiger partial charge is 0.508 e. The highest BCUT2D eigenvalue weighted by Gasteiger charge is 2.72. The Hall–Kier alpha value is -2.78. The smallest absolute Gasteiger partial charge is 0.411 e. The first-order valence-corrected chi connectivity index (χ1v) is 6.49. The van der Waals surface area contributed by atoms with Crippen molar-refractivity contribution in [3.63, 3.8) is 0 Å². The van der Waals surface area contributed by atoms with E-state index in [-0.39, 0.29) is 24.3 Å². The lowest BCUT2D eigenvalue weighted by Gasteiger charge is -2.38. The Bertz CT molecular complexity index is 690. The zero-order valence-corrected chi connectivity index (χ0v) is 12.0. The number of aromatic hydroxyl groups is 4. The molecule has 136 valence electrons. The zero-order valence-electron chi connectivity index (χ0n) is 12.0. The van der Waals surface area contributed by atoms with Gasteiger partial charge in [-0.3, -0.25) is 0 Å². The SMILES string of the molecule is Oc1cc(O)cc(C(c2cc(O)cc(O)c2)(C(F)(F)F)C(F)(F)F)c1. The van der Waals surface area contributed by atoms with Crippen molar-refractivity contribution in [1.82, 2.24) is 0 Å². The van der Waals surface area contributed by atoms with Gasteiger partial charge in [0.25, 0.3) is 0 Å². The molecule has 0 atom stereocenters. The van der Waals surface area contributed by atoms with Crippen molar-refractivity contribution in [3.8, 4) is 23.0 Å². The van der Waals surface area contributed by atoms with Crippen molar-refractivity contribution in [1.29, 1.82) is 0 Å². The Labute approximate surface area is 136 Å². The number of phenols is 4. The second-order valence-corrected chi connectivity index (χ2v) is 5.22. The van der Waals surface area contributed by atoms with Crippen LogP contribution in [0, 0.1) is 0 Å². The molecule has 0 radical (unpaired) electrons. The summed E-state index contributed by atoms with van der Waals surface area (Å²) in [6.45, 7) is 0. The number of halogens is 6. The van der Waals surface area contributed by atoms with Crippen LogP contribution in [0.1, 0.15) is 11.1 Å². The molecular weight excluding hydrogens is 358 g/mol. The molecule has 0 aliphatic carbocycles. The van der Waals surface area contributed by atoms with Gasteiger partial charge in [0.05, 0.1) is 0 Å². The van der Waals surface area contributed by atoms with Gasteiger partial charge in [0.2, 0.25) is 5.41 Å². The van der Waals surface area contributed by atoms with E-state index in [0.717, 1.165) is 0 Å². The Morgan fingerprint density at radius 2 is 0.720 bits per heavy atom. The van der Waals surface area contributed by atoms with Crippen LogP contribution in [0.25, 0.3) is 0 Å². The van der Waals surface area contributed by atoms with Gasteiger partial charge in [-0.05, 0) is 35.4 Å². The molecule has 0 spiro atoms. The second kappa shape index (κ2) is 5.64. The average Bonchev–Trinajstić information content (AvgIpc) is 2.32. The van der Waals surface area contributed by atoms with Crippen LogP contribution in [-0.4, -0.2) is 32.8 Å². The van der Waals surface area contributed by atoms with E-state index in [1.54, 1.807) is 0 Å². The molecule has 0 aromatic heterocycles. The quantitative estimate of drug-likeness (QED) is 0.606. The number of hydrogen-bond acceptors (Lipinski definition) is 4. The molecular formula is C15H10F6O4. The summed E-state index contributed by atoms with van der Waals surface area (Å²) in [6.07, 6.45) is -12.0. The average molecular weight is 368 g/mol. The maximum Gasteiger partial charge on any atom is 0.411 e. The van der Waals surface area contributed by atoms with Crippen LogP contribution in [-0.2, 0) is 5.41 Å². The van der Waals surface area contributed by atoms with Crippen molar-refractivity contribution in [3.05, 3.63) is 47.5 Å². The monoisotopic (exact) mass is 368 g/mol. The molecule has 0 amide bonds. The van der Waals surface area contributed by atoms with Gasteiger partial charge < -0.3 is 20.4 Å². The number of rotatable bonds is 2. The standard InChI is InChI=1S/C15H10F6O4/c16-14(17,18)13(15(19,20)21,7-1-9(22)5-10(23)2-7)8-3-11(24)6-12(25)4-8/h1-6,22-25H. The molecule has 0 fully saturated rings. The predicted octanol–water partition coefficient (Wildman–Crippen LogP) is 3.92. The van der Waals surface area contributed by atoms with Gasteiger partial charge in [-0.15, -0.1) is 0 Å². The van der Waals surface area contributed by atoms with Gasteiger partial charge in [-0.1, -0.05) is 0 Å². The minimum atomic E-state index is -5.99. The molecule has 2 aromatic rings. The third-order valence-corrected chi connectivity index (χ3v) is 3.52. The molecule has 0 saturated carbocycles. The molecule has 0 aliphatic heterocycles. The lowest BCUT2D eigenvalue weighted by Crippen LogP contribution is -2.54. The highest BCUT2D eigenvalue weighted by Crippen LogP contribution is 2.57. The lowest BCUT2D eigenvalue weighted by molar-refractivity contribution is -0.288. The van der Waals surface area contributed by atoms with Crippen LogP contribution in [0.5, 0.6) is 23.0 Å². The fourth-order valence-corrected chi connectivity index (χ4v) is 2.61. The minimum absolute atomic E-state index is 0.196. The molecule has 0 unspecified atom stereocenters. The summed E-state index contributed by atoms with van der Waals surface area (Å²) in [5, 5.41) is 37.4. The zero-order chi connectivity index (χ0) is 19.2. The molecule has 25 heavy (non-hydrogen) atoms. The summed E-state index contributed by atoms with van der Waals surface area (Å²) < 4.78 is 82.3. The molecule has 0 aliphatic rings. The van der Waals surface area contributed by atoms with Crippen molar-refractivity contribution < 1.29 is 46.8 Å². The van der Waals surface area contributed by atoms with E-state index in [2.05, 4.69) is 0 Å². The Morgan fingerprint density at radius 1 is 0.480 bits per heavy atom. The first-order chi connectivity index (χ1) is 11.3. The summed E-state index contributed by atoms with van der Waals surface area (Å²) in [6, 6.07) is 1.90. The summed E-state index contributed by atoms with van der Waals surface area (Å²) in [5.74, 6) is -4.12. The van der Waals surface area contributed by atoms with E-state index in [9.17, 15) is 46.8 Å². The number of phenolic OH excluding ortho intramolecular Hbond substituents is 4. The predicted molar refractivity (Wildman–Crippen MR) is 72.4 cm³/mol. The third-order valence-electron chi connectivity index (χ3n) is 3.52. The highest BCUT2D eigenvalue weighted by atomic mass is 19.4. The van der Waals surface area contributed by atoms with E-state index in [0.29, 0.717) is 12.1 Å². The molecule has 0 bridgehead atoms. The van der Waals surface area contributed by atoms with E-state index < -0.39 is 51.9 Å². The van der Waals surface area contributed by atoms with Crippen LogP contribution in [0.3, 0.4) is 0 Å². The summed E-state index contributed by atoms with van der Waals surface area (Å²) in [5.41, 5.74) is -7.78. The topological polar surface area (TPSA) is 80.9 Å². The molecule has 4 nitrogen and oxygen atoms in total. The van der Waals surface area contributed by atoms with Gasteiger partial charge in [0.15, 0.2) is 0 Å². The first kappa shape index (κ1) is 18.6. The molecule has 0 saturated heterocycles. The number of hydrogen-bond donors (Lipinski definition) is 4. The van der Waals surface area contributed by atoms with Crippen molar-refractivity contribution >= 4 is 0 Å². The van der Waals surface area contributed by atoms with Gasteiger partial charge in [0.1, 0.15) is 23.0 Å². The van der Waals surface area contributed by atoms with E-state index in [1.807, 2.05) is 0 Å². The number of alkyl halides is 6. The first-order valence-electron chi connectivity index (χ1n) is 6.49. The van der Waals surface area contributed by atoms with Crippen molar-refractivity contribution in [2.45, 2.75) is 17.8 Å². The highest BCUT2D eigenvalue weighted by molar-refractivity contribution is 5.52. The maximum atomic E-state index is 13.7. The molecule has 2 rings (SSSR count). The Kier molecular flexibility index (Phi) is 4.19. The number of benzene rings is 2.